The van der Waals surface area contributed by atoms with Crippen molar-refractivity contribution in [2.75, 3.05) is 26.8 Å². The summed E-state index contributed by atoms with van der Waals surface area (Å²) in [6, 6.07) is 9.48. The van der Waals surface area contributed by atoms with Gasteiger partial charge in [0.05, 0.1) is 26.8 Å². The molecule has 0 spiro atoms. The first-order valence-electron chi connectivity index (χ1n) is 13.7. The Labute approximate surface area is 242 Å². The Kier molecular flexibility index (Phi) is 8.36. The molecule has 5 rings (SSSR count). The zero-order valence-electron chi connectivity index (χ0n) is 23.9. The topological polar surface area (TPSA) is 165 Å². The van der Waals surface area contributed by atoms with Crippen LogP contribution in [0.25, 0.3) is 22.5 Å². The van der Waals surface area contributed by atoms with Gasteiger partial charge in [-0.25, -0.2) is 4.98 Å². The largest absolute Gasteiger partial charge is 0.493 e. The van der Waals surface area contributed by atoms with Crippen molar-refractivity contribution < 1.29 is 28.3 Å². The van der Waals surface area contributed by atoms with Gasteiger partial charge >= 0.3 is 0 Å². The van der Waals surface area contributed by atoms with E-state index in [9.17, 15) is 14.4 Å². The van der Waals surface area contributed by atoms with Crippen LogP contribution in [0.5, 0.6) is 11.5 Å². The number of amides is 3. The van der Waals surface area contributed by atoms with Crippen molar-refractivity contribution in [3.05, 3.63) is 53.4 Å². The molecular weight excluding hydrogens is 542 g/mol. The smallest absolute Gasteiger partial charge is 0.254 e. The quantitative estimate of drug-likeness (QED) is 0.333. The van der Waals surface area contributed by atoms with Crippen LogP contribution in [0.3, 0.4) is 0 Å². The van der Waals surface area contributed by atoms with Crippen LogP contribution in [0, 0.1) is 12.8 Å². The second-order valence-electron chi connectivity index (χ2n) is 10.4. The van der Waals surface area contributed by atoms with Gasteiger partial charge in [0.25, 0.3) is 5.91 Å². The van der Waals surface area contributed by atoms with Crippen LogP contribution < -0.4 is 20.1 Å². The number of H-pyrrole nitrogens is 1. The number of hydrogen-bond donors (Lipinski definition) is 3. The van der Waals surface area contributed by atoms with Crippen molar-refractivity contribution >= 4 is 28.8 Å². The zero-order valence-corrected chi connectivity index (χ0v) is 23.9. The molecule has 0 fully saturated rings. The molecule has 3 heterocycles. The number of ether oxygens (including phenoxy) is 2. The molecule has 2 aromatic heterocycles. The molecular formula is C29H33N7O6. The maximum atomic E-state index is 13.6. The standard InChI is InChI=1S/C29H33N7O6/c1-16(2)26-27(38)30-14-22-17(3)42-28(31-22)18-7-9-23(40-4)24(13-18)41-11-5-10-36(15-25(37)32-26)29(39)19-6-8-20-21(12-19)34-35-33-20/h6-9,12-13,16,26H,5,10-11,14-15H2,1-4H3,(H,30,38)(H,32,37)(H,33,34,35)/t26-/m0/s1. The van der Waals surface area contributed by atoms with Crippen LogP contribution in [0.4, 0.5) is 0 Å². The molecule has 2 aromatic carbocycles. The summed E-state index contributed by atoms with van der Waals surface area (Å²) < 4.78 is 17.4. The van der Waals surface area contributed by atoms with E-state index in [0.717, 1.165) is 0 Å². The number of fused-ring (bicyclic) bond motifs is 6. The third kappa shape index (κ3) is 6.19. The molecule has 4 bridgehead atoms. The predicted octanol–water partition coefficient (Wildman–Crippen LogP) is 2.61. The lowest BCUT2D eigenvalue weighted by Gasteiger charge is -2.26. The van der Waals surface area contributed by atoms with E-state index < -0.39 is 11.9 Å². The maximum Gasteiger partial charge on any atom is 0.254 e. The fraction of sp³-hybridized carbons (Fsp3) is 0.379. The minimum atomic E-state index is -0.820. The number of methoxy groups -OCH3 is 1. The molecule has 0 saturated heterocycles. The summed E-state index contributed by atoms with van der Waals surface area (Å²) in [6.07, 6.45) is 0.412. The second-order valence-corrected chi connectivity index (χ2v) is 10.4. The summed E-state index contributed by atoms with van der Waals surface area (Å²) in [4.78, 5) is 46.0. The van der Waals surface area contributed by atoms with Gasteiger partial charge in [0.15, 0.2) is 11.5 Å². The summed E-state index contributed by atoms with van der Waals surface area (Å²) in [5.74, 6) is 0.547. The Hall–Kier alpha value is -4.94. The zero-order chi connectivity index (χ0) is 29.8. The molecule has 13 nitrogen and oxygen atoms in total. The number of carbonyl (C=O) groups excluding carboxylic acids is 3. The molecule has 1 aliphatic heterocycles. The van der Waals surface area contributed by atoms with Crippen molar-refractivity contribution in [1.29, 1.82) is 0 Å². The molecule has 4 aromatic rings. The number of rotatable bonds is 3. The Morgan fingerprint density at radius 1 is 1.12 bits per heavy atom. The molecule has 0 aliphatic carbocycles. The first-order valence-corrected chi connectivity index (χ1v) is 13.7. The Morgan fingerprint density at radius 3 is 2.71 bits per heavy atom. The van der Waals surface area contributed by atoms with Crippen LogP contribution in [0.15, 0.2) is 40.8 Å². The normalized spacial score (nSPS) is 16.8. The van der Waals surface area contributed by atoms with E-state index in [1.165, 1.54) is 4.90 Å². The van der Waals surface area contributed by atoms with Gasteiger partial charge < -0.3 is 29.4 Å². The van der Waals surface area contributed by atoms with Crippen LogP contribution >= 0.6 is 0 Å². The highest BCUT2D eigenvalue weighted by atomic mass is 16.5. The summed E-state index contributed by atoms with van der Waals surface area (Å²) >= 11 is 0. The van der Waals surface area contributed by atoms with Gasteiger partial charge in [0.2, 0.25) is 17.7 Å². The minimum absolute atomic E-state index is 0.113. The van der Waals surface area contributed by atoms with Gasteiger partial charge in [-0.2, -0.15) is 15.4 Å². The van der Waals surface area contributed by atoms with Crippen LogP contribution in [-0.2, 0) is 16.1 Å². The van der Waals surface area contributed by atoms with Crippen LogP contribution in [0.1, 0.15) is 42.1 Å². The van der Waals surface area contributed by atoms with E-state index in [1.54, 1.807) is 44.4 Å². The number of nitrogens with one attached hydrogen (secondary N) is 3. The van der Waals surface area contributed by atoms with Crippen LogP contribution in [-0.4, -0.2) is 75.9 Å². The lowest BCUT2D eigenvalue weighted by molar-refractivity contribution is -0.130. The molecule has 42 heavy (non-hydrogen) atoms. The highest BCUT2D eigenvalue weighted by Crippen LogP contribution is 2.33. The molecule has 3 amide bonds. The van der Waals surface area contributed by atoms with E-state index >= 15 is 0 Å². The molecule has 13 heteroatoms. The number of aromatic nitrogens is 4. The third-order valence-electron chi connectivity index (χ3n) is 7.01. The number of benzene rings is 2. The van der Waals surface area contributed by atoms with Gasteiger partial charge in [-0.1, -0.05) is 13.8 Å². The highest BCUT2D eigenvalue weighted by Gasteiger charge is 2.27. The van der Waals surface area contributed by atoms with Gasteiger partial charge in [0.1, 0.15) is 28.5 Å². The average Bonchev–Trinajstić information content (AvgIpc) is 3.60. The number of nitrogens with zero attached hydrogens (tertiary/aromatic N) is 4. The first-order chi connectivity index (χ1) is 20.2. The SMILES string of the molecule is COc1ccc2cc1OCCCN(C(=O)c1ccc3n[nH]nc3c1)CC(=O)N[C@@H](C(C)C)C(=O)NCc1nc-2oc1C. The molecule has 3 N–H and O–H groups in total. The van der Waals surface area contributed by atoms with Gasteiger partial charge in [-0.05, 0) is 55.7 Å². The lowest BCUT2D eigenvalue weighted by atomic mass is 10.0. The Balaban J connectivity index is 1.44. The highest BCUT2D eigenvalue weighted by molar-refractivity contribution is 5.99. The molecule has 1 aliphatic rings. The van der Waals surface area contributed by atoms with Crippen molar-refractivity contribution in [3.8, 4) is 23.0 Å². The van der Waals surface area contributed by atoms with E-state index in [0.29, 0.717) is 57.4 Å². The van der Waals surface area contributed by atoms with Crippen LogP contribution in [0.2, 0.25) is 0 Å². The molecule has 0 saturated carbocycles. The summed E-state index contributed by atoms with van der Waals surface area (Å²) in [6.45, 7) is 5.76. The van der Waals surface area contributed by atoms with Crippen molar-refractivity contribution in [2.24, 2.45) is 5.92 Å². The fourth-order valence-electron chi connectivity index (χ4n) is 4.69. The molecule has 0 unspecified atom stereocenters. The molecule has 220 valence electrons. The van der Waals surface area contributed by atoms with Crippen molar-refractivity contribution in [2.45, 2.75) is 39.8 Å². The van der Waals surface area contributed by atoms with Gasteiger partial charge in [-0.3, -0.25) is 14.4 Å². The summed E-state index contributed by atoms with van der Waals surface area (Å²) in [5.41, 5.74) is 2.76. The number of hydrogen-bond acceptors (Lipinski definition) is 9. The van der Waals surface area contributed by atoms with Gasteiger partial charge in [0, 0.05) is 17.7 Å². The fourth-order valence-corrected chi connectivity index (χ4v) is 4.69. The van der Waals surface area contributed by atoms with E-state index in [1.807, 2.05) is 19.9 Å². The van der Waals surface area contributed by atoms with E-state index in [2.05, 4.69) is 31.0 Å². The monoisotopic (exact) mass is 575 g/mol. The maximum absolute atomic E-state index is 13.6. The third-order valence-corrected chi connectivity index (χ3v) is 7.01. The Bertz CT molecular complexity index is 1610. The predicted molar refractivity (Wildman–Crippen MR) is 152 cm³/mol. The van der Waals surface area contributed by atoms with Crippen molar-refractivity contribution in [3.63, 3.8) is 0 Å². The van der Waals surface area contributed by atoms with Crippen molar-refractivity contribution in [1.82, 2.24) is 35.9 Å². The number of oxazole rings is 1. The summed E-state index contributed by atoms with van der Waals surface area (Å²) in [5, 5.41) is 16.3. The Morgan fingerprint density at radius 2 is 1.93 bits per heavy atom. The molecule has 0 radical (unpaired) electrons. The number of aromatic amines is 1. The first kappa shape index (κ1) is 28.6. The summed E-state index contributed by atoms with van der Waals surface area (Å²) in [7, 11) is 1.55. The second kappa shape index (κ2) is 12.3. The average molecular weight is 576 g/mol. The van der Waals surface area contributed by atoms with Gasteiger partial charge in [-0.15, -0.1) is 0 Å². The number of aryl methyl sites for hydroxylation is 1. The minimum Gasteiger partial charge on any atom is -0.493 e. The number of carbonyl (C=O) groups is 3. The van der Waals surface area contributed by atoms with E-state index in [4.69, 9.17) is 13.9 Å². The van der Waals surface area contributed by atoms with E-state index in [-0.39, 0.29) is 44.0 Å². The lowest BCUT2D eigenvalue weighted by Crippen LogP contribution is -2.52. The molecule has 1 atom stereocenters.